The predicted molar refractivity (Wildman–Crippen MR) is 62.4 cm³/mol. The Morgan fingerprint density at radius 1 is 1.62 bits per heavy atom. The van der Waals surface area contributed by atoms with Crippen molar-refractivity contribution < 1.29 is 0 Å². The Hall–Kier alpha value is -0.320. The van der Waals surface area contributed by atoms with E-state index >= 15 is 0 Å². The molecule has 1 heterocycles. The lowest BCUT2D eigenvalue weighted by atomic mass is 10.3. The van der Waals surface area contributed by atoms with E-state index in [1.807, 2.05) is 18.4 Å². The molecule has 0 bridgehead atoms. The van der Waals surface area contributed by atoms with Gasteiger partial charge in [-0.2, -0.15) is 0 Å². The first-order valence-corrected chi connectivity index (χ1v) is 5.64. The number of halogens is 1. The van der Waals surface area contributed by atoms with E-state index in [0.717, 1.165) is 16.4 Å². The highest BCUT2D eigenvalue weighted by Gasteiger charge is 2.01. The fourth-order valence-electron chi connectivity index (χ4n) is 0.844. The van der Waals surface area contributed by atoms with Gasteiger partial charge in [0.2, 0.25) is 0 Å². The summed E-state index contributed by atoms with van der Waals surface area (Å²) < 4.78 is 0.826. The Morgan fingerprint density at radius 3 is 2.92 bits per heavy atom. The molecule has 5 heteroatoms. The second-order valence-electron chi connectivity index (χ2n) is 2.43. The highest BCUT2D eigenvalue weighted by Crippen LogP contribution is 2.22. The van der Waals surface area contributed by atoms with Crippen LogP contribution in [0, 0.1) is 0 Å². The smallest absolute Gasteiger partial charge is 0.166 e. The van der Waals surface area contributed by atoms with Crippen LogP contribution in [-0.4, -0.2) is 11.7 Å². The number of hydrogen-bond donors (Lipinski definition) is 2. The van der Waals surface area contributed by atoms with Gasteiger partial charge < -0.3 is 10.6 Å². The highest BCUT2D eigenvalue weighted by atomic mass is 35.5. The van der Waals surface area contributed by atoms with Gasteiger partial charge in [0, 0.05) is 18.7 Å². The molecule has 2 N–H and O–H groups in total. The predicted octanol–water partition coefficient (Wildman–Crippen LogP) is 2.39. The minimum atomic E-state index is 0.671. The van der Waals surface area contributed by atoms with Crippen molar-refractivity contribution in [2.75, 3.05) is 6.54 Å². The SMILES string of the molecule is CCNC(=S)NCc1ccsc1Cl. The van der Waals surface area contributed by atoms with Crippen LogP contribution in [0.1, 0.15) is 12.5 Å². The zero-order chi connectivity index (χ0) is 9.68. The van der Waals surface area contributed by atoms with Crippen LogP contribution in [0.4, 0.5) is 0 Å². The molecule has 0 saturated heterocycles. The zero-order valence-electron chi connectivity index (χ0n) is 7.26. The van der Waals surface area contributed by atoms with Gasteiger partial charge >= 0.3 is 0 Å². The number of thiocarbonyl (C=S) groups is 1. The van der Waals surface area contributed by atoms with Crippen molar-refractivity contribution in [3.8, 4) is 0 Å². The third-order valence-electron chi connectivity index (χ3n) is 1.47. The molecule has 0 aromatic carbocycles. The second kappa shape index (κ2) is 5.42. The lowest BCUT2D eigenvalue weighted by Gasteiger charge is -2.07. The maximum absolute atomic E-state index is 5.92. The van der Waals surface area contributed by atoms with E-state index in [1.54, 1.807) is 0 Å². The summed E-state index contributed by atoms with van der Waals surface area (Å²) in [6.07, 6.45) is 0. The van der Waals surface area contributed by atoms with Crippen molar-refractivity contribution in [1.82, 2.24) is 10.6 Å². The molecule has 0 saturated carbocycles. The van der Waals surface area contributed by atoms with E-state index in [4.69, 9.17) is 23.8 Å². The molecule has 1 aromatic rings. The van der Waals surface area contributed by atoms with Crippen LogP contribution in [0.3, 0.4) is 0 Å². The van der Waals surface area contributed by atoms with Crippen LogP contribution in [-0.2, 0) is 6.54 Å². The average molecular weight is 235 g/mol. The standard InChI is InChI=1S/C8H11ClN2S2/c1-2-10-8(12)11-5-6-3-4-13-7(6)9/h3-4H,2,5H2,1H3,(H2,10,11,12). The normalized spacial score (nSPS) is 9.69. The third-order valence-corrected chi connectivity index (χ3v) is 3.01. The van der Waals surface area contributed by atoms with Gasteiger partial charge in [0.25, 0.3) is 0 Å². The van der Waals surface area contributed by atoms with Crippen molar-refractivity contribution in [2.45, 2.75) is 13.5 Å². The van der Waals surface area contributed by atoms with Crippen molar-refractivity contribution in [2.24, 2.45) is 0 Å². The number of thiophene rings is 1. The fourth-order valence-corrected chi connectivity index (χ4v) is 1.99. The first-order valence-electron chi connectivity index (χ1n) is 3.97. The van der Waals surface area contributed by atoms with Gasteiger partial charge in [-0.05, 0) is 30.6 Å². The highest BCUT2D eigenvalue weighted by molar-refractivity contribution is 7.80. The summed E-state index contributed by atoms with van der Waals surface area (Å²) >= 11 is 12.5. The molecule has 1 rings (SSSR count). The molecule has 0 radical (unpaired) electrons. The van der Waals surface area contributed by atoms with E-state index < -0.39 is 0 Å². The molecular weight excluding hydrogens is 224 g/mol. The van der Waals surface area contributed by atoms with Crippen LogP contribution in [0.25, 0.3) is 0 Å². The Balaban J connectivity index is 2.35. The quantitative estimate of drug-likeness (QED) is 0.786. The van der Waals surface area contributed by atoms with Crippen LogP contribution in [0.5, 0.6) is 0 Å². The number of hydrogen-bond acceptors (Lipinski definition) is 2. The van der Waals surface area contributed by atoms with Gasteiger partial charge in [-0.3, -0.25) is 0 Å². The van der Waals surface area contributed by atoms with E-state index in [0.29, 0.717) is 11.7 Å². The minimum Gasteiger partial charge on any atom is -0.363 e. The Labute approximate surface area is 92.3 Å². The lowest BCUT2D eigenvalue weighted by molar-refractivity contribution is 0.857. The van der Waals surface area contributed by atoms with Crippen molar-refractivity contribution in [3.63, 3.8) is 0 Å². The molecule has 0 aliphatic carbocycles. The van der Waals surface area contributed by atoms with Crippen LogP contribution in [0.15, 0.2) is 11.4 Å². The molecule has 13 heavy (non-hydrogen) atoms. The van der Waals surface area contributed by atoms with Gasteiger partial charge in [0.1, 0.15) is 0 Å². The lowest BCUT2D eigenvalue weighted by Crippen LogP contribution is -2.34. The average Bonchev–Trinajstić information content (AvgIpc) is 2.48. The summed E-state index contributed by atoms with van der Waals surface area (Å²) in [4.78, 5) is 0. The zero-order valence-corrected chi connectivity index (χ0v) is 9.65. The fraction of sp³-hybridized carbons (Fsp3) is 0.375. The van der Waals surface area contributed by atoms with Crippen LogP contribution in [0.2, 0.25) is 4.34 Å². The molecule has 0 aliphatic rings. The largest absolute Gasteiger partial charge is 0.363 e. The molecule has 0 spiro atoms. The molecule has 72 valence electrons. The summed E-state index contributed by atoms with van der Waals surface area (Å²) in [5, 5.41) is 8.72. The topological polar surface area (TPSA) is 24.1 Å². The van der Waals surface area contributed by atoms with Gasteiger partial charge in [-0.1, -0.05) is 11.6 Å². The van der Waals surface area contributed by atoms with Crippen LogP contribution < -0.4 is 10.6 Å². The monoisotopic (exact) mass is 234 g/mol. The Bertz CT molecular complexity index is 285. The van der Waals surface area contributed by atoms with E-state index in [2.05, 4.69) is 10.6 Å². The molecule has 0 fully saturated rings. The first kappa shape index (κ1) is 10.8. The summed E-state index contributed by atoms with van der Waals surface area (Å²) in [5.74, 6) is 0. The van der Waals surface area contributed by atoms with Gasteiger partial charge in [0.15, 0.2) is 5.11 Å². The number of rotatable bonds is 3. The maximum atomic E-state index is 5.92. The summed E-state index contributed by atoms with van der Waals surface area (Å²) in [6, 6.07) is 1.99. The first-order chi connectivity index (χ1) is 6.24. The van der Waals surface area contributed by atoms with Gasteiger partial charge in [0.05, 0.1) is 4.34 Å². The molecular formula is C8H11ClN2S2. The van der Waals surface area contributed by atoms with E-state index in [-0.39, 0.29) is 0 Å². The number of nitrogens with one attached hydrogen (secondary N) is 2. The second-order valence-corrected chi connectivity index (χ2v) is 4.36. The van der Waals surface area contributed by atoms with E-state index in [1.165, 1.54) is 11.3 Å². The molecule has 0 aliphatic heterocycles. The van der Waals surface area contributed by atoms with Crippen molar-refractivity contribution in [1.29, 1.82) is 0 Å². The van der Waals surface area contributed by atoms with E-state index in [9.17, 15) is 0 Å². The molecule has 1 aromatic heterocycles. The van der Waals surface area contributed by atoms with Crippen LogP contribution >= 0.6 is 35.2 Å². The Kier molecular flexibility index (Phi) is 4.48. The van der Waals surface area contributed by atoms with Crippen molar-refractivity contribution >= 4 is 40.3 Å². The third kappa shape index (κ3) is 3.50. The summed E-state index contributed by atoms with van der Waals surface area (Å²) in [7, 11) is 0. The molecule has 0 amide bonds. The maximum Gasteiger partial charge on any atom is 0.166 e. The minimum absolute atomic E-state index is 0.671. The van der Waals surface area contributed by atoms with Gasteiger partial charge in [-0.15, -0.1) is 11.3 Å². The molecule has 0 unspecified atom stereocenters. The van der Waals surface area contributed by atoms with Crippen molar-refractivity contribution in [3.05, 3.63) is 21.3 Å². The van der Waals surface area contributed by atoms with Gasteiger partial charge in [-0.25, -0.2) is 0 Å². The molecule has 2 nitrogen and oxygen atoms in total. The Morgan fingerprint density at radius 2 is 2.38 bits per heavy atom. The molecule has 0 atom stereocenters. The summed E-state index contributed by atoms with van der Waals surface area (Å²) in [6.45, 7) is 3.53. The summed E-state index contributed by atoms with van der Waals surface area (Å²) in [5.41, 5.74) is 1.09.